The number of carbonyl (C=O) groups is 2. The summed E-state index contributed by atoms with van der Waals surface area (Å²) in [4.78, 5) is 31.6. The first-order chi connectivity index (χ1) is 11.1. The van der Waals surface area contributed by atoms with Gasteiger partial charge < -0.3 is 0 Å². The predicted octanol–water partition coefficient (Wildman–Crippen LogP) is 4.31. The van der Waals surface area contributed by atoms with Crippen LogP contribution >= 0.6 is 22.9 Å². The smallest absolute Gasteiger partial charge is 0.262 e. The standard InChI is InChI=1S/C17H11ClN2O2S/c1-9(11-6-10-7-14(18)23-15(10)19-8-11)20-16(21)12-4-2-3-5-13(12)17(20)22/h2-9H,1H3. The molecule has 4 nitrogen and oxygen atoms in total. The lowest BCUT2D eigenvalue weighted by Gasteiger charge is -2.22. The molecule has 114 valence electrons. The molecule has 0 spiro atoms. The maximum atomic E-state index is 12.6. The second-order valence-corrected chi connectivity index (χ2v) is 7.08. The van der Waals surface area contributed by atoms with E-state index in [1.54, 1.807) is 30.5 Å². The van der Waals surface area contributed by atoms with Gasteiger partial charge in [0.1, 0.15) is 4.83 Å². The molecule has 3 heterocycles. The van der Waals surface area contributed by atoms with E-state index < -0.39 is 6.04 Å². The number of pyridine rings is 1. The molecule has 6 heteroatoms. The lowest BCUT2D eigenvalue weighted by Crippen LogP contribution is -2.32. The molecule has 4 rings (SSSR count). The molecular formula is C17H11ClN2O2S. The van der Waals surface area contributed by atoms with Crippen LogP contribution in [-0.2, 0) is 0 Å². The van der Waals surface area contributed by atoms with E-state index in [0.29, 0.717) is 15.5 Å². The van der Waals surface area contributed by atoms with Gasteiger partial charge in [0.15, 0.2) is 0 Å². The average molecular weight is 343 g/mol. The van der Waals surface area contributed by atoms with Crippen molar-refractivity contribution in [2.75, 3.05) is 0 Å². The molecule has 0 N–H and O–H groups in total. The molecule has 2 aromatic heterocycles. The number of imide groups is 1. The van der Waals surface area contributed by atoms with Crippen molar-refractivity contribution in [2.45, 2.75) is 13.0 Å². The Kier molecular flexibility index (Phi) is 3.21. The zero-order valence-corrected chi connectivity index (χ0v) is 13.7. The second kappa shape index (κ2) is 5.15. The van der Waals surface area contributed by atoms with Gasteiger partial charge in [-0.25, -0.2) is 4.98 Å². The van der Waals surface area contributed by atoms with Crippen molar-refractivity contribution >= 4 is 45.0 Å². The first-order valence-electron chi connectivity index (χ1n) is 7.08. The molecule has 1 aliphatic rings. The molecule has 3 aromatic rings. The molecule has 2 amide bonds. The Hall–Kier alpha value is -2.24. The van der Waals surface area contributed by atoms with Gasteiger partial charge >= 0.3 is 0 Å². The van der Waals surface area contributed by atoms with Crippen molar-refractivity contribution in [3.8, 4) is 0 Å². The summed E-state index contributed by atoms with van der Waals surface area (Å²) in [6.45, 7) is 1.83. The normalized spacial score (nSPS) is 15.3. The highest BCUT2D eigenvalue weighted by Crippen LogP contribution is 2.34. The van der Waals surface area contributed by atoms with E-state index in [2.05, 4.69) is 4.98 Å². The van der Waals surface area contributed by atoms with Gasteiger partial charge in [-0.15, -0.1) is 11.3 Å². The Labute approximate surface area is 141 Å². The fourth-order valence-electron chi connectivity index (χ4n) is 2.86. The van der Waals surface area contributed by atoms with Crippen LogP contribution in [0.2, 0.25) is 4.34 Å². The molecule has 0 radical (unpaired) electrons. The number of thiophene rings is 1. The SMILES string of the molecule is CC(c1cnc2sc(Cl)cc2c1)N1C(=O)c2ccccc2C1=O. The summed E-state index contributed by atoms with van der Waals surface area (Å²) >= 11 is 7.41. The number of benzene rings is 1. The highest BCUT2D eigenvalue weighted by Gasteiger charge is 2.38. The molecular weight excluding hydrogens is 332 g/mol. The summed E-state index contributed by atoms with van der Waals surface area (Å²) < 4.78 is 0.665. The van der Waals surface area contributed by atoms with Crippen molar-refractivity contribution in [1.82, 2.24) is 9.88 Å². The van der Waals surface area contributed by atoms with Crippen molar-refractivity contribution in [3.05, 3.63) is 63.6 Å². The maximum Gasteiger partial charge on any atom is 0.262 e. The van der Waals surface area contributed by atoms with E-state index in [1.165, 1.54) is 16.2 Å². The molecule has 1 unspecified atom stereocenters. The predicted molar refractivity (Wildman–Crippen MR) is 90.0 cm³/mol. The summed E-state index contributed by atoms with van der Waals surface area (Å²) in [6, 6.07) is 10.3. The first-order valence-corrected chi connectivity index (χ1v) is 8.27. The average Bonchev–Trinajstić information content (AvgIpc) is 3.04. The number of nitrogens with zero attached hydrogens (tertiary/aromatic N) is 2. The van der Waals surface area contributed by atoms with Gasteiger partial charge in [-0.3, -0.25) is 14.5 Å². The molecule has 1 aliphatic heterocycles. The summed E-state index contributed by atoms with van der Waals surface area (Å²) in [5.74, 6) is -0.525. The minimum Gasteiger partial charge on any atom is -0.269 e. The van der Waals surface area contributed by atoms with E-state index in [4.69, 9.17) is 11.6 Å². The fourth-order valence-corrected chi connectivity index (χ4v) is 3.90. The van der Waals surface area contributed by atoms with Crippen molar-refractivity contribution < 1.29 is 9.59 Å². The molecule has 1 atom stereocenters. The number of fused-ring (bicyclic) bond motifs is 2. The number of carbonyl (C=O) groups excluding carboxylic acids is 2. The monoisotopic (exact) mass is 342 g/mol. The van der Waals surface area contributed by atoms with E-state index in [-0.39, 0.29) is 11.8 Å². The third-order valence-corrected chi connectivity index (χ3v) is 5.25. The van der Waals surface area contributed by atoms with Crippen LogP contribution in [0.5, 0.6) is 0 Å². The van der Waals surface area contributed by atoms with Gasteiger partial charge in [0.2, 0.25) is 0 Å². The number of aromatic nitrogens is 1. The number of amides is 2. The van der Waals surface area contributed by atoms with Gasteiger partial charge in [-0.2, -0.15) is 0 Å². The van der Waals surface area contributed by atoms with Crippen LogP contribution in [0.1, 0.15) is 39.2 Å². The Morgan fingerprint density at radius 1 is 1.13 bits per heavy atom. The highest BCUT2D eigenvalue weighted by atomic mass is 35.5. The van der Waals surface area contributed by atoms with E-state index >= 15 is 0 Å². The number of hydrogen-bond donors (Lipinski definition) is 0. The minimum absolute atomic E-state index is 0.262. The van der Waals surface area contributed by atoms with Gasteiger partial charge in [-0.05, 0) is 36.8 Å². The second-order valence-electron chi connectivity index (χ2n) is 5.42. The zero-order chi connectivity index (χ0) is 16.1. The van der Waals surface area contributed by atoms with E-state index in [9.17, 15) is 9.59 Å². The Bertz CT molecular complexity index is 931. The van der Waals surface area contributed by atoms with Crippen LogP contribution in [0.3, 0.4) is 0 Å². The van der Waals surface area contributed by atoms with Crippen molar-refractivity contribution in [2.24, 2.45) is 0 Å². The molecule has 0 fully saturated rings. The molecule has 1 aromatic carbocycles. The quantitative estimate of drug-likeness (QED) is 0.652. The highest BCUT2D eigenvalue weighted by molar-refractivity contribution is 7.22. The van der Waals surface area contributed by atoms with Crippen LogP contribution in [-0.4, -0.2) is 21.7 Å². The Morgan fingerprint density at radius 2 is 1.78 bits per heavy atom. The fraction of sp³-hybridized carbons (Fsp3) is 0.118. The minimum atomic E-state index is -0.391. The Morgan fingerprint density at radius 3 is 2.43 bits per heavy atom. The van der Waals surface area contributed by atoms with Crippen LogP contribution < -0.4 is 0 Å². The van der Waals surface area contributed by atoms with Gasteiger partial charge in [0.05, 0.1) is 21.5 Å². The van der Waals surface area contributed by atoms with Gasteiger partial charge in [0.25, 0.3) is 11.8 Å². The molecule has 0 bridgehead atoms. The number of halogens is 1. The van der Waals surface area contributed by atoms with E-state index in [0.717, 1.165) is 15.8 Å². The molecule has 23 heavy (non-hydrogen) atoms. The van der Waals surface area contributed by atoms with Crippen molar-refractivity contribution in [3.63, 3.8) is 0 Å². The first kappa shape index (κ1) is 14.4. The third-order valence-electron chi connectivity index (χ3n) is 4.06. The summed E-state index contributed by atoms with van der Waals surface area (Å²) in [7, 11) is 0. The Balaban J connectivity index is 1.75. The van der Waals surface area contributed by atoms with Crippen LogP contribution in [0.15, 0.2) is 42.6 Å². The largest absolute Gasteiger partial charge is 0.269 e. The summed E-state index contributed by atoms with van der Waals surface area (Å²) in [5.41, 5.74) is 1.72. The van der Waals surface area contributed by atoms with Gasteiger partial charge in [-0.1, -0.05) is 23.7 Å². The van der Waals surface area contributed by atoms with Crippen LogP contribution in [0, 0.1) is 0 Å². The lowest BCUT2D eigenvalue weighted by molar-refractivity contribution is 0.0595. The summed E-state index contributed by atoms with van der Waals surface area (Å²) in [5, 5.41) is 0.918. The molecule has 0 saturated heterocycles. The van der Waals surface area contributed by atoms with Crippen molar-refractivity contribution in [1.29, 1.82) is 0 Å². The van der Waals surface area contributed by atoms with Crippen LogP contribution in [0.4, 0.5) is 0 Å². The number of hydrogen-bond acceptors (Lipinski definition) is 4. The maximum absolute atomic E-state index is 12.6. The third kappa shape index (κ3) is 2.16. The molecule has 0 saturated carbocycles. The van der Waals surface area contributed by atoms with Crippen LogP contribution in [0.25, 0.3) is 10.2 Å². The lowest BCUT2D eigenvalue weighted by atomic mass is 10.1. The zero-order valence-electron chi connectivity index (χ0n) is 12.1. The summed E-state index contributed by atoms with van der Waals surface area (Å²) in [6.07, 6.45) is 1.70. The number of rotatable bonds is 2. The van der Waals surface area contributed by atoms with Gasteiger partial charge in [0, 0.05) is 11.6 Å². The topological polar surface area (TPSA) is 50.3 Å². The molecule has 0 aliphatic carbocycles. The van der Waals surface area contributed by atoms with E-state index in [1.807, 2.05) is 19.1 Å².